The molecule has 0 saturated heterocycles. The maximum absolute atomic E-state index is 11.9. The van der Waals surface area contributed by atoms with Gasteiger partial charge in [-0.05, 0) is 0 Å². The van der Waals surface area contributed by atoms with Crippen molar-refractivity contribution in [3.8, 4) is 0 Å². The molecule has 0 spiro atoms. The van der Waals surface area contributed by atoms with Crippen LogP contribution < -0.4 is 15.9 Å². The van der Waals surface area contributed by atoms with Gasteiger partial charge in [0.05, 0.1) is 0 Å². The summed E-state index contributed by atoms with van der Waals surface area (Å²) in [7, 11) is -5.59. The second-order valence-corrected chi connectivity index (χ2v) is 13.5. The molecule has 2 nitrogen and oxygen atoms in total. The van der Waals surface area contributed by atoms with Crippen LogP contribution in [0.5, 0.6) is 0 Å². The SMILES string of the molecule is CS(=O)(=O)c1ccc(C[PH](c2ccccc2)(c2ccccc2)c2ccccc2)cc1. The van der Waals surface area contributed by atoms with Crippen LogP contribution in [0.1, 0.15) is 5.56 Å². The van der Waals surface area contributed by atoms with E-state index < -0.39 is 17.1 Å². The fraction of sp³-hybridized carbons (Fsp3) is 0.0769. The van der Waals surface area contributed by atoms with Crippen molar-refractivity contribution in [1.82, 2.24) is 0 Å². The van der Waals surface area contributed by atoms with Crippen LogP contribution in [0.3, 0.4) is 0 Å². The molecule has 4 aromatic carbocycles. The Morgan fingerprint density at radius 3 is 1.27 bits per heavy atom. The molecular weight excluding hydrogens is 407 g/mol. The molecule has 0 atom stereocenters. The second-order valence-electron chi connectivity index (χ2n) is 7.60. The van der Waals surface area contributed by atoms with E-state index in [1.165, 1.54) is 22.2 Å². The molecule has 0 heterocycles. The van der Waals surface area contributed by atoms with Gasteiger partial charge in [-0.3, -0.25) is 0 Å². The molecule has 0 aliphatic heterocycles. The van der Waals surface area contributed by atoms with E-state index in [1.807, 2.05) is 12.1 Å². The first kappa shape index (κ1) is 20.5. The van der Waals surface area contributed by atoms with Crippen LogP contribution in [0.15, 0.2) is 120 Å². The van der Waals surface area contributed by atoms with Crippen molar-refractivity contribution in [3.63, 3.8) is 0 Å². The van der Waals surface area contributed by atoms with Gasteiger partial charge in [-0.1, -0.05) is 0 Å². The minimum absolute atomic E-state index is 0.359. The Labute approximate surface area is 179 Å². The predicted molar refractivity (Wildman–Crippen MR) is 130 cm³/mol. The van der Waals surface area contributed by atoms with E-state index >= 15 is 0 Å². The zero-order valence-electron chi connectivity index (χ0n) is 16.9. The van der Waals surface area contributed by atoms with E-state index in [4.69, 9.17) is 0 Å². The van der Waals surface area contributed by atoms with Crippen molar-refractivity contribution >= 4 is 33.0 Å². The summed E-state index contributed by atoms with van der Waals surface area (Å²) in [6, 6.07) is 39.6. The summed E-state index contributed by atoms with van der Waals surface area (Å²) in [6.07, 6.45) is 2.11. The van der Waals surface area contributed by atoms with Crippen molar-refractivity contribution in [2.75, 3.05) is 6.26 Å². The fourth-order valence-corrected chi connectivity index (χ4v) is 9.51. The summed E-state index contributed by atoms with van der Waals surface area (Å²) in [5.41, 5.74) is 1.14. The van der Waals surface area contributed by atoms with Crippen molar-refractivity contribution in [3.05, 3.63) is 121 Å². The Hall–Kier alpha value is -2.74. The van der Waals surface area contributed by atoms with Gasteiger partial charge in [-0.25, -0.2) is 0 Å². The topological polar surface area (TPSA) is 34.1 Å². The molecule has 0 bridgehead atoms. The third-order valence-electron chi connectivity index (χ3n) is 5.62. The first-order chi connectivity index (χ1) is 14.5. The molecule has 0 aromatic heterocycles. The Morgan fingerprint density at radius 2 is 0.933 bits per heavy atom. The molecule has 152 valence electrons. The van der Waals surface area contributed by atoms with E-state index in [9.17, 15) is 8.42 Å². The van der Waals surface area contributed by atoms with E-state index in [0.717, 1.165) is 11.7 Å². The van der Waals surface area contributed by atoms with E-state index in [-0.39, 0.29) is 0 Å². The van der Waals surface area contributed by atoms with Gasteiger partial charge in [0, 0.05) is 0 Å². The standard InChI is InChI=1S/C26H25O2PS/c1-30(27,28)26-19-17-22(18-20-26)21-29(23-11-5-2-6-12-23,24-13-7-3-8-14-24)25-15-9-4-10-16-25/h2-20,29H,21H2,1H3. The third kappa shape index (κ3) is 4.09. The average molecular weight is 433 g/mol. The Kier molecular flexibility index (Phi) is 5.85. The van der Waals surface area contributed by atoms with Crippen LogP contribution in [0.4, 0.5) is 0 Å². The Balaban J connectivity index is 1.93. The van der Waals surface area contributed by atoms with E-state index in [2.05, 4.69) is 91.0 Å². The zero-order valence-corrected chi connectivity index (χ0v) is 18.7. The zero-order chi connectivity index (χ0) is 21.0. The maximum atomic E-state index is 11.9. The third-order valence-corrected chi connectivity index (χ3v) is 11.6. The van der Waals surface area contributed by atoms with Gasteiger partial charge in [0.2, 0.25) is 0 Å². The molecule has 4 rings (SSSR count). The predicted octanol–water partition coefficient (Wildman–Crippen LogP) is 4.32. The molecule has 0 unspecified atom stereocenters. The average Bonchev–Trinajstić information content (AvgIpc) is 2.79. The fourth-order valence-electron chi connectivity index (χ4n) is 4.13. The number of hydrogen-bond donors (Lipinski definition) is 0. The van der Waals surface area contributed by atoms with Crippen molar-refractivity contribution in [1.29, 1.82) is 0 Å². The van der Waals surface area contributed by atoms with E-state index in [0.29, 0.717) is 4.90 Å². The number of rotatable bonds is 6. The first-order valence-electron chi connectivity index (χ1n) is 9.96. The summed E-state index contributed by atoms with van der Waals surface area (Å²) in [5, 5.41) is 4.03. The first-order valence-corrected chi connectivity index (χ1v) is 14.1. The van der Waals surface area contributed by atoms with Crippen molar-refractivity contribution in [2.24, 2.45) is 0 Å². The molecular formula is C26H25O2PS. The van der Waals surface area contributed by atoms with Crippen LogP contribution in [0, 0.1) is 0 Å². The summed E-state index contributed by atoms with van der Waals surface area (Å²) in [5.74, 6) is 0. The molecule has 0 N–H and O–H groups in total. The summed E-state index contributed by atoms with van der Waals surface area (Å²) >= 11 is 0. The van der Waals surface area contributed by atoms with Gasteiger partial charge < -0.3 is 0 Å². The quantitative estimate of drug-likeness (QED) is 0.426. The normalized spacial score (nSPS) is 12.4. The molecule has 30 heavy (non-hydrogen) atoms. The molecule has 0 fully saturated rings. The number of benzene rings is 4. The molecule has 0 aliphatic carbocycles. The molecule has 4 heteroatoms. The monoisotopic (exact) mass is 432 g/mol. The van der Waals surface area contributed by atoms with Crippen LogP contribution in [0.2, 0.25) is 0 Å². The van der Waals surface area contributed by atoms with Gasteiger partial charge in [0.25, 0.3) is 0 Å². The van der Waals surface area contributed by atoms with Crippen LogP contribution >= 0.6 is 7.26 Å². The molecule has 0 aliphatic rings. The van der Waals surface area contributed by atoms with Crippen LogP contribution in [-0.2, 0) is 16.0 Å². The van der Waals surface area contributed by atoms with Gasteiger partial charge in [0.1, 0.15) is 0 Å². The Bertz CT molecular complexity index is 1110. The summed E-state index contributed by atoms with van der Waals surface area (Å²) in [6.45, 7) is 0. The van der Waals surface area contributed by atoms with Gasteiger partial charge in [0.15, 0.2) is 0 Å². The molecule has 4 aromatic rings. The number of hydrogen-bond acceptors (Lipinski definition) is 2. The van der Waals surface area contributed by atoms with Crippen LogP contribution in [-0.4, -0.2) is 14.7 Å². The molecule has 0 amide bonds. The van der Waals surface area contributed by atoms with Crippen molar-refractivity contribution in [2.45, 2.75) is 11.1 Å². The summed E-state index contributed by atoms with van der Waals surface area (Å²) < 4.78 is 23.8. The Morgan fingerprint density at radius 1 is 0.567 bits per heavy atom. The number of sulfone groups is 1. The van der Waals surface area contributed by atoms with Gasteiger partial charge in [-0.2, -0.15) is 0 Å². The van der Waals surface area contributed by atoms with Crippen LogP contribution in [0.25, 0.3) is 0 Å². The molecule has 0 saturated carbocycles. The van der Waals surface area contributed by atoms with E-state index in [1.54, 1.807) is 12.1 Å². The second kappa shape index (κ2) is 8.55. The van der Waals surface area contributed by atoms with Gasteiger partial charge in [-0.15, -0.1) is 0 Å². The van der Waals surface area contributed by atoms with Crippen molar-refractivity contribution < 1.29 is 8.42 Å². The van der Waals surface area contributed by atoms with Gasteiger partial charge >= 0.3 is 180 Å². The molecule has 0 radical (unpaired) electrons. The summed E-state index contributed by atoms with van der Waals surface area (Å²) in [4.78, 5) is 0.359. The minimum atomic E-state index is -3.21.